The molecule has 0 radical (unpaired) electrons. The van der Waals surface area contributed by atoms with Gasteiger partial charge in [0.1, 0.15) is 11.4 Å². The summed E-state index contributed by atoms with van der Waals surface area (Å²) in [5.41, 5.74) is 2.80. The minimum absolute atomic E-state index is 0.0149. The van der Waals surface area contributed by atoms with Crippen molar-refractivity contribution in [2.45, 2.75) is 11.3 Å². The number of benzene rings is 3. The van der Waals surface area contributed by atoms with E-state index in [9.17, 15) is 8.42 Å². The van der Waals surface area contributed by atoms with Gasteiger partial charge < -0.3 is 9.15 Å². The lowest BCUT2D eigenvalue weighted by Gasteiger charge is -2.09. The highest BCUT2D eigenvalue weighted by molar-refractivity contribution is 7.89. The molecule has 0 unspecified atom stereocenters. The molecule has 1 aromatic heterocycles. The summed E-state index contributed by atoms with van der Waals surface area (Å²) in [7, 11) is -2.25. The van der Waals surface area contributed by atoms with Crippen LogP contribution in [0.25, 0.3) is 22.6 Å². The fourth-order valence-corrected chi connectivity index (χ4v) is 4.04. The Morgan fingerprint density at radius 2 is 1.71 bits per heavy atom. The summed E-state index contributed by atoms with van der Waals surface area (Å²) < 4.78 is 34.9. The third-order valence-electron chi connectivity index (χ3n) is 4.75. The van der Waals surface area contributed by atoms with E-state index < -0.39 is 10.0 Å². The van der Waals surface area contributed by atoms with Crippen molar-refractivity contribution >= 4 is 21.6 Å². The number of oxazole rings is 1. The first-order chi connectivity index (χ1) is 14.9. The molecule has 0 saturated heterocycles. The van der Waals surface area contributed by atoms with E-state index in [1.54, 1.807) is 37.4 Å². The lowest BCUT2D eigenvalue weighted by atomic mass is 10.0. The van der Waals surface area contributed by atoms with Crippen molar-refractivity contribution < 1.29 is 17.6 Å². The fraction of sp³-hybridized carbons (Fsp3) is 0.0870. The van der Waals surface area contributed by atoms with Crippen molar-refractivity contribution in [1.82, 2.24) is 4.98 Å². The second-order valence-corrected chi connectivity index (χ2v) is 8.80. The maximum absolute atomic E-state index is 11.6. The number of primary sulfonamides is 1. The first-order valence-electron chi connectivity index (χ1n) is 9.36. The number of nitrogens with zero attached hydrogens (tertiary/aromatic N) is 1. The Kier molecular flexibility index (Phi) is 5.82. The van der Waals surface area contributed by atoms with Crippen molar-refractivity contribution in [2.24, 2.45) is 5.14 Å². The van der Waals surface area contributed by atoms with Crippen molar-refractivity contribution in [3.63, 3.8) is 0 Å². The van der Waals surface area contributed by atoms with Crippen LogP contribution in [0.3, 0.4) is 0 Å². The Balaban J connectivity index is 1.87. The van der Waals surface area contributed by atoms with Gasteiger partial charge in [0.05, 0.1) is 22.6 Å². The zero-order valence-corrected chi connectivity index (χ0v) is 18.2. The van der Waals surface area contributed by atoms with Gasteiger partial charge in [-0.15, -0.1) is 0 Å². The molecule has 0 aliphatic carbocycles. The SMILES string of the molecule is COc1cccc(Cl)c1-c1oc(Cc2ccccc2)nc1-c1ccc(S(N)(=O)=O)cc1. The molecule has 0 aliphatic heterocycles. The minimum Gasteiger partial charge on any atom is -0.496 e. The normalized spacial score (nSPS) is 11.5. The first kappa shape index (κ1) is 21.1. The van der Waals surface area contributed by atoms with Crippen molar-refractivity contribution in [3.8, 4) is 28.3 Å². The molecule has 0 saturated carbocycles. The van der Waals surface area contributed by atoms with Crippen LogP contribution in [0.5, 0.6) is 5.75 Å². The first-order valence-corrected chi connectivity index (χ1v) is 11.3. The number of nitrogens with two attached hydrogens (primary N) is 1. The zero-order chi connectivity index (χ0) is 22.0. The molecule has 6 nitrogen and oxygen atoms in total. The number of hydrogen-bond acceptors (Lipinski definition) is 5. The van der Waals surface area contributed by atoms with Gasteiger partial charge in [0.15, 0.2) is 11.7 Å². The molecular formula is C23H19ClN2O4S. The van der Waals surface area contributed by atoms with Crippen molar-refractivity contribution in [3.05, 3.63) is 89.3 Å². The number of methoxy groups -OCH3 is 1. The molecule has 0 amide bonds. The molecule has 31 heavy (non-hydrogen) atoms. The van der Waals surface area contributed by atoms with Crippen molar-refractivity contribution in [2.75, 3.05) is 7.11 Å². The van der Waals surface area contributed by atoms with Gasteiger partial charge in [0.25, 0.3) is 0 Å². The molecule has 0 spiro atoms. The molecule has 4 rings (SSSR count). The van der Waals surface area contributed by atoms with E-state index in [-0.39, 0.29) is 4.90 Å². The van der Waals surface area contributed by atoms with Crippen LogP contribution in [0.15, 0.2) is 82.1 Å². The van der Waals surface area contributed by atoms with Gasteiger partial charge in [0, 0.05) is 12.0 Å². The summed E-state index contributed by atoms with van der Waals surface area (Å²) in [6.07, 6.45) is 0.482. The predicted molar refractivity (Wildman–Crippen MR) is 120 cm³/mol. The molecule has 158 valence electrons. The molecule has 0 fully saturated rings. The van der Waals surface area contributed by atoms with E-state index in [2.05, 4.69) is 0 Å². The van der Waals surface area contributed by atoms with E-state index >= 15 is 0 Å². The fourth-order valence-electron chi connectivity index (χ4n) is 3.27. The lowest BCUT2D eigenvalue weighted by molar-refractivity contribution is 0.414. The Morgan fingerprint density at radius 3 is 2.35 bits per heavy atom. The molecule has 4 aromatic rings. The second-order valence-electron chi connectivity index (χ2n) is 6.83. The highest BCUT2D eigenvalue weighted by Gasteiger charge is 2.23. The van der Waals surface area contributed by atoms with Gasteiger partial charge in [-0.1, -0.05) is 60.1 Å². The van der Waals surface area contributed by atoms with Crippen molar-refractivity contribution in [1.29, 1.82) is 0 Å². The lowest BCUT2D eigenvalue weighted by Crippen LogP contribution is -2.11. The van der Waals surface area contributed by atoms with Crippen LogP contribution in [-0.4, -0.2) is 20.5 Å². The van der Waals surface area contributed by atoms with Gasteiger partial charge >= 0.3 is 0 Å². The summed E-state index contributed by atoms with van der Waals surface area (Å²) >= 11 is 6.49. The average molecular weight is 455 g/mol. The maximum Gasteiger partial charge on any atom is 0.238 e. The number of ether oxygens (including phenoxy) is 1. The monoisotopic (exact) mass is 454 g/mol. The van der Waals surface area contributed by atoms with Gasteiger partial charge in [-0.05, 0) is 29.8 Å². The van der Waals surface area contributed by atoms with Crippen LogP contribution in [0.4, 0.5) is 0 Å². The summed E-state index contributed by atoms with van der Waals surface area (Å²) in [6, 6.07) is 21.3. The van der Waals surface area contributed by atoms with Crippen LogP contribution in [-0.2, 0) is 16.4 Å². The number of aromatic nitrogens is 1. The van der Waals surface area contributed by atoms with Gasteiger partial charge in [-0.3, -0.25) is 0 Å². The van der Waals surface area contributed by atoms with E-state index in [4.69, 9.17) is 30.9 Å². The third kappa shape index (κ3) is 4.49. The maximum atomic E-state index is 11.6. The minimum atomic E-state index is -3.80. The number of hydrogen-bond donors (Lipinski definition) is 1. The quantitative estimate of drug-likeness (QED) is 0.446. The summed E-state index contributed by atoms with van der Waals surface area (Å²) in [5, 5.41) is 5.67. The smallest absolute Gasteiger partial charge is 0.238 e. The number of halogens is 1. The van der Waals surface area contributed by atoms with Crippen LogP contribution in [0, 0.1) is 0 Å². The zero-order valence-electron chi connectivity index (χ0n) is 16.6. The third-order valence-corrected chi connectivity index (χ3v) is 5.99. The molecule has 0 atom stereocenters. The molecule has 0 bridgehead atoms. The Morgan fingerprint density at radius 1 is 1.00 bits per heavy atom. The average Bonchev–Trinajstić information content (AvgIpc) is 3.16. The van der Waals surface area contributed by atoms with Crippen LogP contribution < -0.4 is 9.88 Å². The standard InChI is InChI=1S/C23H19ClN2O4S/c1-29-19-9-5-8-18(24)21(19)23-22(16-10-12-17(13-11-16)31(25,27)28)26-20(30-23)14-15-6-3-2-4-7-15/h2-13H,14H2,1H3,(H2,25,27,28). The van der Waals surface area contributed by atoms with E-state index in [1.165, 1.54) is 12.1 Å². The van der Waals surface area contributed by atoms with Crippen LogP contribution in [0.1, 0.15) is 11.5 Å². The second kappa shape index (κ2) is 8.55. The Hall–Kier alpha value is -3.13. The van der Waals surface area contributed by atoms with E-state index in [0.29, 0.717) is 45.7 Å². The van der Waals surface area contributed by atoms with Crippen LogP contribution in [0.2, 0.25) is 5.02 Å². The molecule has 2 N–H and O–H groups in total. The molecule has 3 aromatic carbocycles. The van der Waals surface area contributed by atoms with Gasteiger partial charge in [-0.25, -0.2) is 18.5 Å². The van der Waals surface area contributed by atoms with E-state index in [0.717, 1.165) is 5.56 Å². The molecule has 8 heteroatoms. The van der Waals surface area contributed by atoms with E-state index in [1.807, 2.05) is 30.3 Å². The highest BCUT2D eigenvalue weighted by atomic mass is 35.5. The molecule has 0 aliphatic rings. The highest BCUT2D eigenvalue weighted by Crippen LogP contribution is 2.42. The summed E-state index contributed by atoms with van der Waals surface area (Å²) in [6.45, 7) is 0. The van der Waals surface area contributed by atoms with Gasteiger partial charge in [-0.2, -0.15) is 0 Å². The Bertz CT molecular complexity index is 1320. The number of rotatable bonds is 6. The summed E-state index contributed by atoms with van der Waals surface area (Å²) in [4.78, 5) is 4.71. The van der Waals surface area contributed by atoms with Crippen LogP contribution >= 0.6 is 11.6 Å². The molecular weight excluding hydrogens is 436 g/mol. The largest absolute Gasteiger partial charge is 0.496 e. The molecule has 1 heterocycles. The number of sulfonamides is 1. The Labute approximate surface area is 185 Å². The van der Waals surface area contributed by atoms with Gasteiger partial charge in [0.2, 0.25) is 10.0 Å². The summed E-state index contributed by atoms with van der Waals surface area (Å²) in [5.74, 6) is 1.47. The predicted octanol–water partition coefficient (Wildman–Crippen LogP) is 4.91. The topological polar surface area (TPSA) is 95.4 Å².